The highest BCUT2D eigenvalue weighted by Gasteiger charge is 2.35. The number of hydrogen-bond acceptors (Lipinski definition) is 8. The van der Waals surface area contributed by atoms with Crippen LogP contribution in [0.4, 0.5) is 0 Å². The van der Waals surface area contributed by atoms with E-state index in [9.17, 15) is 45.1 Å². The largest absolute Gasteiger partial charge is 0.480 e. The molecule has 0 aliphatic heterocycles. The van der Waals surface area contributed by atoms with Gasteiger partial charge in [-0.15, -0.1) is 0 Å². The third kappa shape index (κ3) is 12.8. The van der Waals surface area contributed by atoms with E-state index in [0.29, 0.717) is 12.8 Å². The Balaban J connectivity index is 2.10. The Kier molecular flexibility index (Phi) is 18.0. The minimum Gasteiger partial charge on any atom is -0.480 e. The second-order valence-electron chi connectivity index (χ2n) is 12.7. The topological polar surface area (TPSA) is 177 Å². The molecule has 0 aliphatic carbocycles. The van der Waals surface area contributed by atoms with Crippen molar-refractivity contribution in [3.05, 3.63) is 48.5 Å². The van der Waals surface area contributed by atoms with E-state index in [-0.39, 0.29) is 32.4 Å². The van der Waals surface area contributed by atoms with E-state index in [1.165, 1.54) is 12.8 Å². The smallest absolute Gasteiger partial charge is 0.322 e. The van der Waals surface area contributed by atoms with Gasteiger partial charge in [0.15, 0.2) is 30.2 Å². The van der Waals surface area contributed by atoms with Crippen LogP contribution < -0.4 is 0 Å². The molecule has 2 atom stereocenters. The Morgan fingerprint density at radius 1 is 0.449 bits per heavy atom. The molecule has 2 N–H and O–H groups in total. The van der Waals surface area contributed by atoms with Crippen LogP contribution in [-0.2, 0) is 39.1 Å². The van der Waals surface area contributed by atoms with Gasteiger partial charge in [-0.2, -0.15) is 0 Å². The number of hydrogen-bond donors (Lipinski definition) is 2. The number of aliphatic carboxylic acids is 2. The van der Waals surface area contributed by atoms with Crippen molar-refractivity contribution in [3.63, 3.8) is 0 Å². The van der Waals surface area contributed by atoms with Crippen LogP contribution in [0.2, 0.25) is 0 Å². The number of unbranched alkanes of at least 4 members (excludes halogenated alkanes) is 14. The number of sulfone groups is 3. The molecule has 0 radical (unpaired) electrons. The molecule has 0 fully saturated rings. The quantitative estimate of drug-likeness (QED) is 0.0897. The Hall–Kier alpha value is -2.77. The van der Waals surface area contributed by atoms with Crippen LogP contribution in [0.15, 0.2) is 68.1 Å². The lowest BCUT2D eigenvalue weighted by molar-refractivity contribution is -0.137. The third-order valence-corrected chi connectivity index (χ3v) is 14.9. The highest BCUT2D eigenvalue weighted by Crippen LogP contribution is 2.28. The molecule has 0 bridgehead atoms. The number of carbonyl (C=O) groups is 2. The van der Waals surface area contributed by atoms with Gasteiger partial charge in [-0.1, -0.05) is 117 Å². The van der Waals surface area contributed by atoms with Crippen LogP contribution in [0.3, 0.4) is 0 Å². The predicted octanol–water partition coefficient (Wildman–Crippen LogP) is 8.03. The highest BCUT2D eigenvalue weighted by molar-refractivity contribution is 7.93. The molecule has 2 unspecified atom stereocenters. The molecule has 10 nitrogen and oxygen atoms in total. The lowest BCUT2D eigenvalue weighted by Crippen LogP contribution is -2.30. The van der Waals surface area contributed by atoms with Gasteiger partial charge in [0, 0.05) is 0 Å². The summed E-state index contributed by atoms with van der Waals surface area (Å²) < 4.78 is 79.4. The van der Waals surface area contributed by atoms with E-state index in [1.54, 1.807) is 0 Å². The second kappa shape index (κ2) is 20.8. The summed E-state index contributed by atoms with van der Waals surface area (Å²) in [5.74, 6) is -2.92. The molecule has 0 saturated heterocycles. The van der Waals surface area contributed by atoms with Gasteiger partial charge in [0.25, 0.3) is 0 Å². The van der Waals surface area contributed by atoms with Crippen molar-refractivity contribution in [2.24, 2.45) is 0 Å². The summed E-state index contributed by atoms with van der Waals surface area (Å²) in [6, 6.07) is 8.55. The van der Waals surface area contributed by atoms with Crippen molar-refractivity contribution in [1.82, 2.24) is 0 Å². The fourth-order valence-electron chi connectivity index (χ4n) is 5.83. The maximum Gasteiger partial charge on any atom is 0.322 e. The molecule has 49 heavy (non-hydrogen) atoms. The van der Waals surface area contributed by atoms with E-state index >= 15 is 0 Å². The molecule has 0 spiro atoms. The zero-order chi connectivity index (χ0) is 36.5. The summed E-state index contributed by atoms with van der Waals surface area (Å²) in [6.45, 7) is 4.26. The van der Waals surface area contributed by atoms with Crippen LogP contribution in [0, 0.1) is 0 Å². The Labute approximate surface area is 293 Å². The first-order valence-electron chi connectivity index (χ1n) is 17.6. The first-order valence-corrected chi connectivity index (χ1v) is 22.2. The van der Waals surface area contributed by atoms with Gasteiger partial charge in [0.05, 0.1) is 19.6 Å². The third-order valence-electron chi connectivity index (χ3n) is 8.86. The molecule has 2 aromatic carbocycles. The van der Waals surface area contributed by atoms with Gasteiger partial charge in [0.2, 0.25) is 9.84 Å². The van der Waals surface area contributed by atoms with Crippen LogP contribution in [0.25, 0.3) is 0 Å². The fraction of sp³-hybridized carbons (Fsp3) is 0.611. The standard InChI is InChI=1S/C36H54O10S3/c1-3-5-7-9-11-13-15-17-19-33(35(37)38)48(43,44)31-25-21-29(22-26-31)47(41,42)30-23-27-32(28-24-30)49(45,46)34(36(39)40)20-18-16-14-12-10-8-6-4-2/h21-28,33-34H,3-20H2,1-2H3,(H,37,38)(H,39,40). The van der Waals surface area contributed by atoms with Crippen LogP contribution in [0.1, 0.15) is 129 Å². The van der Waals surface area contributed by atoms with Gasteiger partial charge in [-0.3, -0.25) is 9.59 Å². The van der Waals surface area contributed by atoms with Crippen molar-refractivity contribution in [2.75, 3.05) is 0 Å². The fourth-order valence-corrected chi connectivity index (χ4v) is 10.3. The molecule has 0 aliphatic rings. The summed E-state index contributed by atoms with van der Waals surface area (Å²) >= 11 is 0. The lowest BCUT2D eigenvalue weighted by atomic mass is 10.1. The average molecular weight is 743 g/mol. The van der Waals surface area contributed by atoms with Gasteiger partial charge < -0.3 is 10.2 Å². The number of rotatable bonds is 26. The minimum absolute atomic E-state index is 0.0518. The Bertz CT molecular complexity index is 1510. The summed E-state index contributed by atoms with van der Waals surface area (Å²) in [5, 5.41) is 16.1. The van der Waals surface area contributed by atoms with Gasteiger partial charge in [-0.25, -0.2) is 25.3 Å². The number of carboxylic acids is 2. The lowest BCUT2D eigenvalue weighted by Gasteiger charge is -2.15. The molecule has 0 heterocycles. The predicted molar refractivity (Wildman–Crippen MR) is 190 cm³/mol. The van der Waals surface area contributed by atoms with Gasteiger partial charge >= 0.3 is 11.9 Å². The van der Waals surface area contributed by atoms with E-state index in [0.717, 1.165) is 126 Å². The van der Waals surface area contributed by atoms with Gasteiger partial charge in [0.1, 0.15) is 0 Å². The first kappa shape index (κ1) is 42.4. The summed E-state index contributed by atoms with van der Waals surface area (Å²) in [4.78, 5) is 22.7. The normalized spacial score (nSPS) is 13.6. The van der Waals surface area contributed by atoms with Crippen molar-refractivity contribution < 1.29 is 45.1 Å². The molecule has 276 valence electrons. The van der Waals surface area contributed by atoms with E-state index in [4.69, 9.17) is 0 Å². The van der Waals surface area contributed by atoms with E-state index < -0.39 is 52.0 Å². The Morgan fingerprint density at radius 2 is 0.694 bits per heavy atom. The SMILES string of the molecule is CCCCCCCCCCC(C(=O)O)S(=O)(=O)c1ccc(S(=O)(=O)c2ccc(S(=O)(=O)C(CCCCCCCCCC)C(=O)O)cc2)cc1. The first-order chi connectivity index (χ1) is 23.2. The average Bonchev–Trinajstić information content (AvgIpc) is 3.06. The van der Waals surface area contributed by atoms with Crippen LogP contribution >= 0.6 is 0 Å². The molecule has 0 amide bonds. The summed E-state index contributed by atoms with van der Waals surface area (Å²) in [7, 11) is -12.8. The molecule has 2 rings (SSSR count). The van der Waals surface area contributed by atoms with Crippen molar-refractivity contribution in [3.8, 4) is 0 Å². The summed E-state index contributed by atoms with van der Waals surface area (Å²) in [5.41, 5.74) is 0. The molecular weight excluding hydrogens is 689 g/mol. The van der Waals surface area contributed by atoms with Crippen molar-refractivity contribution >= 4 is 41.5 Å². The molecular formula is C36H54O10S3. The molecule has 0 aromatic heterocycles. The van der Waals surface area contributed by atoms with Crippen molar-refractivity contribution in [2.45, 2.75) is 160 Å². The number of benzene rings is 2. The zero-order valence-corrected chi connectivity index (χ0v) is 31.3. The monoisotopic (exact) mass is 742 g/mol. The maximum absolute atomic E-state index is 13.3. The number of carboxylic acid groups (broad SMARTS) is 2. The Morgan fingerprint density at radius 3 is 0.959 bits per heavy atom. The second-order valence-corrected chi connectivity index (χ2v) is 18.9. The summed E-state index contributed by atoms with van der Waals surface area (Å²) in [6.07, 6.45) is 15.1. The van der Waals surface area contributed by atoms with Crippen LogP contribution in [-0.4, -0.2) is 57.9 Å². The maximum atomic E-state index is 13.3. The van der Waals surface area contributed by atoms with E-state index in [1.807, 2.05) is 0 Å². The van der Waals surface area contributed by atoms with Gasteiger partial charge in [-0.05, 0) is 61.4 Å². The molecule has 2 aromatic rings. The zero-order valence-electron chi connectivity index (χ0n) is 28.9. The van der Waals surface area contributed by atoms with E-state index in [2.05, 4.69) is 13.8 Å². The molecule has 13 heteroatoms. The minimum atomic E-state index is -4.29. The van der Waals surface area contributed by atoms with Crippen LogP contribution in [0.5, 0.6) is 0 Å². The highest BCUT2D eigenvalue weighted by atomic mass is 32.2. The molecule has 0 saturated carbocycles. The van der Waals surface area contributed by atoms with Crippen molar-refractivity contribution in [1.29, 1.82) is 0 Å².